The number of fused-ring (bicyclic) bond motifs is 2. The molecule has 2 atom stereocenters. The number of anilines is 1. The van der Waals surface area contributed by atoms with Crippen LogP contribution in [0.15, 0.2) is 18.2 Å². The molecule has 4 rings (SSSR count). The van der Waals surface area contributed by atoms with E-state index in [0.717, 1.165) is 38.3 Å². The molecular formula is C20H29N3O2. The molecule has 5 nitrogen and oxygen atoms in total. The average molecular weight is 343 g/mol. The van der Waals surface area contributed by atoms with E-state index in [1.807, 2.05) is 11.9 Å². The van der Waals surface area contributed by atoms with E-state index in [1.165, 1.54) is 30.5 Å². The van der Waals surface area contributed by atoms with Crippen molar-refractivity contribution < 1.29 is 9.53 Å². The van der Waals surface area contributed by atoms with Crippen LogP contribution < -0.4 is 9.64 Å². The van der Waals surface area contributed by atoms with Gasteiger partial charge >= 0.3 is 0 Å². The molecule has 5 heteroatoms. The van der Waals surface area contributed by atoms with E-state index in [2.05, 4.69) is 28.0 Å². The largest absolute Gasteiger partial charge is 0.495 e. The number of hydrogen-bond donors (Lipinski definition) is 0. The molecule has 0 radical (unpaired) electrons. The molecular weight excluding hydrogens is 314 g/mol. The van der Waals surface area contributed by atoms with Crippen molar-refractivity contribution in [2.24, 2.45) is 0 Å². The zero-order chi connectivity index (χ0) is 17.4. The third-order valence-corrected chi connectivity index (χ3v) is 6.15. The molecule has 3 heterocycles. The van der Waals surface area contributed by atoms with E-state index in [1.54, 1.807) is 7.11 Å². The number of rotatable bonds is 4. The second-order valence-corrected chi connectivity index (χ2v) is 7.74. The number of likely N-dealkylation sites (N-methyl/N-ethyl adjacent to an activating group) is 1. The highest BCUT2D eigenvalue weighted by Gasteiger charge is 2.39. The summed E-state index contributed by atoms with van der Waals surface area (Å²) in [5, 5.41) is 0. The fourth-order valence-electron chi connectivity index (χ4n) is 4.71. The second kappa shape index (κ2) is 6.87. The highest BCUT2D eigenvalue weighted by Crippen LogP contribution is 2.35. The van der Waals surface area contributed by atoms with Crippen molar-refractivity contribution in [3.05, 3.63) is 23.8 Å². The lowest BCUT2D eigenvalue weighted by Gasteiger charge is -2.28. The van der Waals surface area contributed by atoms with Gasteiger partial charge in [-0.2, -0.15) is 0 Å². The van der Waals surface area contributed by atoms with Crippen LogP contribution in [0.4, 0.5) is 5.69 Å². The van der Waals surface area contributed by atoms with Crippen LogP contribution >= 0.6 is 0 Å². The van der Waals surface area contributed by atoms with Crippen LogP contribution in [0.25, 0.3) is 0 Å². The third kappa shape index (κ3) is 3.22. The number of likely N-dealkylation sites (tertiary alicyclic amines) is 1. The standard InChI is InChI=1S/C20H29N3O2/c1-21-14-17-7-6-16(12-20(21)24)23(17)13-15-5-8-18(19(11-15)25-2)22-9-3-4-10-22/h5,8,11,16-17H,3-4,6-7,9-10,12-14H2,1-2H3/t16-,17+/m1/s1. The zero-order valence-corrected chi connectivity index (χ0v) is 15.4. The van der Waals surface area contributed by atoms with Gasteiger partial charge in [-0.15, -0.1) is 0 Å². The lowest BCUT2D eigenvalue weighted by atomic mass is 10.1. The molecule has 3 aliphatic rings. The Labute approximate surface area is 150 Å². The quantitative estimate of drug-likeness (QED) is 0.842. The Morgan fingerprint density at radius 3 is 2.68 bits per heavy atom. The molecule has 0 N–H and O–H groups in total. The van der Waals surface area contributed by atoms with Crippen LogP contribution in [0.3, 0.4) is 0 Å². The van der Waals surface area contributed by atoms with Gasteiger partial charge in [0.1, 0.15) is 5.75 Å². The van der Waals surface area contributed by atoms with Crippen LogP contribution in [0.1, 0.15) is 37.7 Å². The summed E-state index contributed by atoms with van der Waals surface area (Å²) in [4.78, 5) is 19.0. The predicted molar refractivity (Wildman–Crippen MR) is 99.0 cm³/mol. The van der Waals surface area contributed by atoms with Crippen molar-refractivity contribution in [3.63, 3.8) is 0 Å². The molecule has 0 aliphatic carbocycles. The van der Waals surface area contributed by atoms with Crippen LogP contribution in [0.5, 0.6) is 5.75 Å². The Morgan fingerprint density at radius 2 is 1.92 bits per heavy atom. The first-order valence-electron chi connectivity index (χ1n) is 9.57. The van der Waals surface area contributed by atoms with Crippen LogP contribution in [0.2, 0.25) is 0 Å². The number of benzene rings is 1. The number of methoxy groups -OCH3 is 1. The summed E-state index contributed by atoms with van der Waals surface area (Å²) in [6.45, 7) is 4.02. The maximum atomic E-state index is 12.2. The van der Waals surface area contributed by atoms with Crippen molar-refractivity contribution in [1.82, 2.24) is 9.80 Å². The average Bonchev–Trinajstić information content (AvgIpc) is 3.24. The van der Waals surface area contributed by atoms with E-state index in [9.17, 15) is 4.79 Å². The maximum absolute atomic E-state index is 12.2. The summed E-state index contributed by atoms with van der Waals surface area (Å²) in [6.07, 6.45) is 5.54. The molecule has 1 aromatic carbocycles. The Morgan fingerprint density at radius 1 is 1.16 bits per heavy atom. The normalized spacial score (nSPS) is 27.0. The smallest absolute Gasteiger partial charge is 0.223 e. The fourth-order valence-corrected chi connectivity index (χ4v) is 4.71. The van der Waals surface area contributed by atoms with Gasteiger partial charge in [0.15, 0.2) is 0 Å². The summed E-state index contributed by atoms with van der Waals surface area (Å²) in [5.74, 6) is 1.27. The molecule has 136 valence electrons. The molecule has 1 aromatic rings. The number of hydrogen-bond acceptors (Lipinski definition) is 4. The summed E-state index contributed by atoms with van der Waals surface area (Å²) >= 11 is 0. The van der Waals surface area contributed by atoms with E-state index in [-0.39, 0.29) is 0 Å². The first kappa shape index (κ1) is 16.7. The van der Waals surface area contributed by atoms with Gasteiger partial charge in [-0.1, -0.05) is 6.07 Å². The molecule has 0 saturated carbocycles. The minimum absolute atomic E-state index is 0.291. The molecule has 1 amide bonds. The molecule has 3 saturated heterocycles. The van der Waals surface area contributed by atoms with Crippen LogP contribution in [-0.2, 0) is 11.3 Å². The zero-order valence-electron chi connectivity index (χ0n) is 15.4. The minimum atomic E-state index is 0.291. The molecule has 3 fully saturated rings. The molecule has 0 spiro atoms. The molecule has 25 heavy (non-hydrogen) atoms. The van der Waals surface area contributed by atoms with E-state index in [0.29, 0.717) is 24.4 Å². The van der Waals surface area contributed by atoms with Gasteiger partial charge in [-0.05, 0) is 43.4 Å². The topological polar surface area (TPSA) is 36.0 Å². The highest BCUT2D eigenvalue weighted by molar-refractivity contribution is 5.77. The van der Waals surface area contributed by atoms with Crippen molar-refractivity contribution in [2.75, 3.05) is 38.7 Å². The van der Waals surface area contributed by atoms with Gasteiger partial charge < -0.3 is 14.5 Å². The Hall–Kier alpha value is -1.75. The molecule has 0 unspecified atom stereocenters. The number of ether oxygens (including phenoxy) is 1. The van der Waals surface area contributed by atoms with E-state index < -0.39 is 0 Å². The minimum Gasteiger partial charge on any atom is -0.495 e. The van der Waals surface area contributed by atoms with Gasteiger partial charge in [0.05, 0.1) is 12.8 Å². The van der Waals surface area contributed by atoms with Crippen molar-refractivity contribution in [1.29, 1.82) is 0 Å². The van der Waals surface area contributed by atoms with Gasteiger partial charge in [-0.25, -0.2) is 0 Å². The Balaban J connectivity index is 1.53. The number of nitrogens with zero attached hydrogens (tertiary/aromatic N) is 3. The van der Waals surface area contributed by atoms with Crippen molar-refractivity contribution in [2.45, 2.75) is 50.7 Å². The van der Waals surface area contributed by atoms with E-state index >= 15 is 0 Å². The van der Waals surface area contributed by atoms with Gasteiger partial charge in [-0.3, -0.25) is 9.69 Å². The second-order valence-electron chi connectivity index (χ2n) is 7.74. The molecule has 2 bridgehead atoms. The lowest BCUT2D eigenvalue weighted by Crippen LogP contribution is -2.38. The first-order chi connectivity index (χ1) is 12.2. The van der Waals surface area contributed by atoms with Gasteiger partial charge in [0.25, 0.3) is 0 Å². The maximum Gasteiger partial charge on any atom is 0.223 e. The Kier molecular flexibility index (Phi) is 4.59. The summed E-state index contributed by atoms with van der Waals surface area (Å²) in [6, 6.07) is 7.55. The number of carbonyl (C=O) groups excluding carboxylic acids is 1. The summed E-state index contributed by atoms with van der Waals surface area (Å²) < 4.78 is 5.69. The predicted octanol–water partition coefficient (Wildman–Crippen LogP) is 2.49. The Bertz CT molecular complexity index is 642. The van der Waals surface area contributed by atoms with Crippen molar-refractivity contribution in [3.8, 4) is 5.75 Å². The first-order valence-corrected chi connectivity index (χ1v) is 9.57. The van der Waals surface area contributed by atoms with Crippen LogP contribution in [-0.4, -0.2) is 61.6 Å². The lowest BCUT2D eigenvalue weighted by molar-refractivity contribution is -0.130. The van der Waals surface area contributed by atoms with Crippen molar-refractivity contribution >= 4 is 11.6 Å². The van der Waals surface area contributed by atoms with Gasteiger partial charge in [0.2, 0.25) is 5.91 Å². The molecule has 0 aromatic heterocycles. The van der Waals surface area contributed by atoms with Crippen LogP contribution in [0, 0.1) is 0 Å². The highest BCUT2D eigenvalue weighted by atomic mass is 16.5. The monoisotopic (exact) mass is 343 g/mol. The third-order valence-electron chi connectivity index (χ3n) is 6.15. The fraction of sp³-hybridized carbons (Fsp3) is 0.650. The van der Waals surface area contributed by atoms with E-state index in [4.69, 9.17) is 4.74 Å². The summed E-state index contributed by atoms with van der Waals surface area (Å²) in [5.41, 5.74) is 2.51. The number of amides is 1. The van der Waals surface area contributed by atoms with Gasteiger partial charge in [0, 0.05) is 51.7 Å². The summed E-state index contributed by atoms with van der Waals surface area (Å²) in [7, 11) is 3.71. The number of carbonyl (C=O) groups is 1. The molecule has 3 aliphatic heterocycles. The SMILES string of the molecule is COc1cc(CN2[C@@H]3CC[C@H]2CN(C)C(=O)C3)ccc1N1CCCC1.